The molecule has 1 aromatic rings. The Labute approximate surface area is 70.8 Å². The van der Waals surface area contributed by atoms with Gasteiger partial charge < -0.3 is 5.11 Å². The van der Waals surface area contributed by atoms with Gasteiger partial charge in [-0.2, -0.15) is 0 Å². The Bertz CT molecular complexity index is 322. The summed E-state index contributed by atoms with van der Waals surface area (Å²) in [6.07, 6.45) is 0.613. The van der Waals surface area contributed by atoms with Crippen molar-refractivity contribution in [2.45, 2.75) is 20.3 Å². The molecule has 0 aromatic carbocycles. The van der Waals surface area contributed by atoms with Crippen LogP contribution in [0.2, 0.25) is 0 Å². The van der Waals surface area contributed by atoms with E-state index in [9.17, 15) is 9.90 Å². The van der Waals surface area contributed by atoms with Crippen molar-refractivity contribution in [3.05, 3.63) is 15.9 Å². The van der Waals surface area contributed by atoms with E-state index in [0.29, 0.717) is 17.9 Å². The first-order chi connectivity index (χ1) is 5.52. The van der Waals surface area contributed by atoms with Gasteiger partial charge in [-0.25, -0.2) is 0 Å². The fourth-order valence-electron chi connectivity index (χ4n) is 1.17. The van der Waals surface area contributed by atoms with E-state index >= 15 is 0 Å². The van der Waals surface area contributed by atoms with Crippen LogP contribution in [0.25, 0.3) is 0 Å². The third kappa shape index (κ3) is 1.52. The van der Waals surface area contributed by atoms with Crippen LogP contribution < -0.4 is 5.56 Å². The molecule has 0 aliphatic carbocycles. The zero-order valence-corrected chi connectivity index (χ0v) is 7.59. The minimum Gasteiger partial charge on any atom is -0.493 e. The first-order valence-electron chi connectivity index (χ1n) is 3.99. The second kappa shape index (κ2) is 3.05. The Morgan fingerprint density at radius 1 is 1.58 bits per heavy atom. The number of aryl methyl sites for hydroxylation is 1. The van der Waals surface area contributed by atoms with Gasteiger partial charge in [-0.1, -0.05) is 13.8 Å². The third-order valence-electron chi connectivity index (χ3n) is 1.74. The first-order valence-corrected chi connectivity index (χ1v) is 3.99. The number of rotatable bonds is 2. The van der Waals surface area contributed by atoms with Crippen molar-refractivity contribution in [2.75, 3.05) is 0 Å². The molecule has 4 heteroatoms. The molecular weight excluding hydrogens is 156 g/mol. The Morgan fingerprint density at radius 3 is 2.50 bits per heavy atom. The molecule has 4 nitrogen and oxygen atoms in total. The molecule has 12 heavy (non-hydrogen) atoms. The van der Waals surface area contributed by atoms with Crippen molar-refractivity contribution in [1.82, 2.24) is 9.78 Å². The van der Waals surface area contributed by atoms with E-state index in [-0.39, 0.29) is 11.4 Å². The van der Waals surface area contributed by atoms with Crippen LogP contribution in [-0.2, 0) is 13.5 Å². The SMILES string of the molecule is CC(C)Cc1c(O)n(C)[nH]c1=O. The van der Waals surface area contributed by atoms with Gasteiger partial charge in [0.2, 0.25) is 5.88 Å². The average molecular weight is 170 g/mol. The molecule has 1 heterocycles. The van der Waals surface area contributed by atoms with E-state index in [1.54, 1.807) is 7.05 Å². The second-order valence-electron chi connectivity index (χ2n) is 3.40. The molecule has 0 atom stereocenters. The van der Waals surface area contributed by atoms with Crippen LogP contribution in [0.1, 0.15) is 19.4 Å². The van der Waals surface area contributed by atoms with E-state index in [2.05, 4.69) is 5.10 Å². The average Bonchev–Trinajstić information content (AvgIpc) is 2.16. The molecule has 0 fully saturated rings. The highest BCUT2D eigenvalue weighted by atomic mass is 16.3. The number of nitrogens with one attached hydrogen (secondary N) is 1. The van der Waals surface area contributed by atoms with Crippen molar-refractivity contribution in [2.24, 2.45) is 13.0 Å². The van der Waals surface area contributed by atoms with Crippen LogP contribution in [0.4, 0.5) is 0 Å². The van der Waals surface area contributed by atoms with Crippen LogP contribution in [0.5, 0.6) is 5.88 Å². The van der Waals surface area contributed by atoms with Crippen LogP contribution >= 0.6 is 0 Å². The Balaban J connectivity index is 3.06. The van der Waals surface area contributed by atoms with Crippen LogP contribution in [-0.4, -0.2) is 14.9 Å². The predicted molar refractivity (Wildman–Crippen MR) is 46.2 cm³/mol. The second-order valence-corrected chi connectivity index (χ2v) is 3.40. The lowest BCUT2D eigenvalue weighted by Crippen LogP contribution is -2.08. The molecule has 0 amide bonds. The van der Waals surface area contributed by atoms with Crippen molar-refractivity contribution in [1.29, 1.82) is 0 Å². The summed E-state index contributed by atoms with van der Waals surface area (Å²) in [5, 5.41) is 11.9. The number of aromatic amines is 1. The normalized spacial score (nSPS) is 11.0. The van der Waals surface area contributed by atoms with Gasteiger partial charge >= 0.3 is 0 Å². The van der Waals surface area contributed by atoms with Gasteiger partial charge in [0, 0.05) is 7.05 Å². The van der Waals surface area contributed by atoms with Gasteiger partial charge in [0.1, 0.15) is 0 Å². The quantitative estimate of drug-likeness (QED) is 0.683. The van der Waals surface area contributed by atoms with Gasteiger partial charge in [0.05, 0.1) is 5.56 Å². The zero-order valence-electron chi connectivity index (χ0n) is 7.59. The molecule has 1 rings (SSSR count). The fraction of sp³-hybridized carbons (Fsp3) is 0.625. The summed E-state index contributed by atoms with van der Waals surface area (Å²) in [6, 6.07) is 0. The highest BCUT2D eigenvalue weighted by Crippen LogP contribution is 2.14. The third-order valence-corrected chi connectivity index (χ3v) is 1.74. The van der Waals surface area contributed by atoms with E-state index in [1.165, 1.54) is 4.68 Å². The molecular formula is C8H14N2O2. The lowest BCUT2D eigenvalue weighted by Gasteiger charge is -2.00. The largest absolute Gasteiger partial charge is 0.493 e. The topological polar surface area (TPSA) is 58.0 Å². The number of nitrogens with zero attached hydrogens (tertiary/aromatic N) is 1. The van der Waals surface area contributed by atoms with Crippen molar-refractivity contribution >= 4 is 0 Å². The standard InChI is InChI=1S/C8H14N2O2/c1-5(2)4-6-7(11)9-10(3)8(6)12/h5,12H,4H2,1-3H3,(H,9,11). The molecule has 0 aliphatic rings. The first kappa shape index (κ1) is 8.90. The van der Waals surface area contributed by atoms with E-state index < -0.39 is 0 Å². The molecule has 0 aliphatic heterocycles. The summed E-state index contributed by atoms with van der Waals surface area (Å²) in [5.41, 5.74) is 0.288. The van der Waals surface area contributed by atoms with E-state index in [0.717, 1.165) is 0 Å². The smallest absolute Gasteiger partial charge is 0.271 e. The van der Waals surface area contributed by atoms with Gasteiger partial charge in [-0.15, -0.1) is 0 Å². The molecule has 0 spiro atoms. The van der Waals surface area contributed by atoms with Crippen molar-refractivity contribution in [3.8, 4) is 5.88 Å². The maximum absolute atomic E-state index is 11.2. The maximum Gasteiger partial charge on any atom is 0.271 e. The molecule has 0 radical (unpaired) electrons. The lowest BCUT2D eigenvalue weighted by molar-refractivity contribution is 0.411. The molecule has 1 aromatic heterocycles. The molecule has 0 unspecified atom stereocenters. The van der Waals surface area contributed by atoms with Crippen LogP contribution in [0, 0.1) is 5.92 Å². The zero-order chi connectivity index (χ0) is 9.30. The lowest BCUT2D eigenvalue weighted by atomic mass is 10.1. The van der Waals surface area contributed by atoms with Crippen molar-refractivity contribution in [3.63, 3.8) is 0 Å². The summed E-state index contributed by atoms with van der Waals surface area (Å²) >= 11 is 0. The molecule has 0 bridgehead atoms. The fourth-order valence-corrected chi connectivity index (χ4v) is 1.17. The number of aromatic nitrogens is 2. The van der Waals surface area contributed by atoms with Crippen LogP contribution in [0.15, 0.2) is 4.79 Å². The summed E-state index contributed by atoms with van der Waals surface area (Å²) in [7, 11) is 1.61. The number of H-pyrrole nitrogens is 1. The predicted octanol–water partition coefficient (Wildman–Crippen LogP) is 0.617. The summed E-state index contributed by atoms with van der Waals surface area (Å²) in [5.74, 6) is 0.424. The van der Waals surface area contributed by atoms with E-state index in [1.807, 2.05) is 13.8 Å². The molecule has 68 valence electrons. The monoisotopic (exact) mass is 170 g/mol. The van der Waals surface area contributed by atoms with Gasteiger partial charge in [0.15, 0.2) is 0 Å². The van der Waals surface area contributed by atoms with Gasteiger partial charge in [0.25, 0.3) is 5.56 Å². The van der Waals surface area contributed by atoms with Gasteiger partial charge in [-0.3, -0.25) is 14.6 Å². The summed E-state index contributed by atoms with van der Waals surface area (Å²) in [4.78, 5) is 11.2. The van der Waals surface area contributed by atoms with Crippen LogP contribution in [0.3, 0.4) is 0 Å². The Morgan fingerprint density at radius 2 is 2.17 bits per heavy atom. The molecule has 0 saturated carbocycles. The highest BCUT2D eigenvalue weighted by molar-refractivity contribution is 5.22. The minimum absolute atomic E-state index is 0.0497. The van der Waals surface area contributed by atoms with E-state index in [4.69, 9.17) is 0 Å². The number of aromatic hydroxyl groups is 1. The summed E-state index contributed by atoms with van der Waals surface area (Å²) < 4.78 is 1.33. The molecule has 2 N–H and O–H groups in total. The highest BCUT2D eigenvalue weighted by Gasteiger charge is 2.12. The van der Waals surface area contributed by atoms with Gasteiger partial charge in [-0.05, 0) is 12.3 Å². The number of hydrogen-bond acceptors (Lipinski definition) is 2. The minimum atomic E-state index is -0.191. The maximum atomic E-state index is 11.2. The Kier molecular flexibility index (Phi) is 2.26. The molecule has 0 saturated heterocycles. The number of hydrogen-bond donors (Lipinski definition) is 2. The van der Waals surface area contributed by atoms with Crippen molar-refractivity contribution < 1.29 is 5.11 Å². The summed E-state index contributed by atoms with van der Waals surface area (Å²) in [6.45, 7) is 4.01. The Hall–Kier alpha value is -1.19.